The van der Waals surface area contributed by atoms with Crippen LogP contribution in [0.1, 0.15) is 30.7 Å². The minimum Gasteiger partial charge on any atom is -0.391 e. The summed E-state index contributed by atoms with van der Waals surface area (Å²) in [5, 5.41) is 18.1. The Bertz CT molecular complexity index is 382. The van der Waals surface area contributed by atoms with Crippen molar-refractivity contribution in [1.29, 1.82) is 0 Å². The molecule has 1 heterocycles. The van der Waals surface area contributed by atoms with Crippen molar-refractivity contribution in [3.8, 4) is 0 Å². The second-order valence-electron chi connectivity index (χ2n) is 4.01. The highest BCUT2D eigenvalue weighted by Gasteiger charge is 2.36. The smallest absolute Gasteiger partial charge is 0.391 e. The van der Waals surface area contributed by atoms with Crippen LogP contribution in [0.3, 0.4) is 0 Å². The van der Waals surface area contributed by atoms with Crippen molar-refractivity contribution >= 4 is 16.5 Å². The fourth-order valence-corrected chi connectivity index (χ4v) is 2.51. The Morgan fingerprint density at radius 1 is 1.24 bits per heavy atom. The van der Waals surface area contributed by atoms with Gasteiger partial charge in [-0.2, -0.15) is 13.2 Å². The molecule has 0 saturated heterocycles. The Morgan fingerprint density at radius 2 is 1.94 bits per heavy atom. The van der Waals surface area contributed by atoms with Crippen molar-refractivity contribution in [3.63, 3.8) is 0 Å². The Kier molecular flexibility index (Phi) is 3.53. The molecule has 1 aromatic heterocycles. The minimum atomic E-state index is -4.46. The van der Waals surface area contributed by atoms with Gasteiger partial charge in [0.25, 0.3) is 0 Å². The molecule has 2 N–H and O–H groups in total. The summed E-state index contributed by atoms with van der Waals surface area (Å²) in [7, 11) is 0. The summed E-state index contributed by atoms with van der Waals surface area (Å²) in [5.41, 5.74) is 0. The fourth-order valence-electron chi connectivity index (χ4n) is 1.83. The van der Waals surface area contributed by atoms with Crippen LogP contribution < -0.4 is 5.32 Å². The van der Waals surface area contributed by atoms with Gasteiger partial charge in [0.05, 0.1) is 12.1 Å². The molecule has 1 fully saturated rings. The zero-order valence-corrected chi connectivity index (χ0v) is 9.68. The lowest BCUT2D eigenvalue weighted by Gasteiger charge is -2.27. The van der Waals surface area contributed by atoms with Crippen LogP contribution in [0.2, 0.25) is 0 Å². The zero-order chi connectivity index (χ0) is 12.5. The van der Waals surface area contributed by atoms with Crippen LogP contribution in [0.5, 0.6) is 0 Å². The number of aliphatic hydroxyl groups excluding tert-OH is 1. The van der Waals surface area contributed by atoms with Crippen molar-refractivity contribution in [2.75, 3.05) is 5.32 Å². The normalized spacial score (nSPS) is 25.9. The summed E-state index contributed by atoms with van der Waals surface area (Å²) in [4.78, 5) is 0. The summed E-state index contributed by atoms with van der Waals surface area (Å²) in [5.74, 6) is 0. The van der Waals surface area contributed by atoms with Gasteiger partial charge in [0.15, 0.2) is 0 Å². The first-order valence-corrected chi connectivity index (χ1v) is 6.14. The van der Waals surface area contributed by atoms with Crippen LogP contribution in [0, 0.1) is 0 Å². The molecule has 8 heteroatoms. The molecule has 2 rings (SSSR count). The van der Waals surface area contributed by atoms with E-state index in [0.29, 0.717) is 17.8 Å². The molecule has 96 valence electrons. The summed E-state index contributed by atoms with van der Waals surface area (Å²) < 4.78 is 36.9. The molecule has 4 nitrogen and oxygen atoms in total. The third-order valence-corrected chi connectivity index (χ3v) is 3.61. The monoisotopic (exact) mass is 267 g/mol. The van der Waals surface area contributed by atoms with E-state index in [1.54, 1.807) is 0 Å². The summed E-state index contributed by atoms with van der Waals surface area (Å²) in [6.07, 6.45) is -1.67. The number of nitrogens with zero attached hydrogens (tertiary/aromatic N) is 2. The van der Waals surface area contributed by atoms with Crippen molar-refractivity contribution < 1.29 is 18.3 Å². The number of hydrogen-bond donors (Lipinski definition) is 2. The van der Waals surface area contributed by atoms with Crippen LogP contribution >= 0.6 is 11.3 Å². The molecule has 0 amide bonds. The average molecular weight is 267 g/mol. The van der Waals surface area contributed by atoms with E-state index in [-0.39, 0.29) is 11.2 Å². The van der Waals surface area contributed by atoms with Crippen LogP contribution in [0.25, 0.3) is 0 Å². The number of aliphatic hydroxyl groups is 1. The predicted molar refractivity (Wildman–Crippen MR) is 56.8 cm³/mol. The second kappa shape index (κ2) is 4.77. The standard InChI is InChI=1S/C9H12F3N3OS/c10-9(11,12)7-14-15-8(17-7)13-5-3-1-2-4-6(5)16/h5-6,16H,1-4H2,(H,13,15)/t5-,6-/m0/s1. The van der Waals surface area contributed by atoms with Crippen molar-refractivity contribution in [1.82, 2.24) is 10.2 Å². The predicted octanol–water partition coefficient (Wildman–Crippen LogP) is 2.27. The number of nitrogens with one attached hydrogen (secondary N) is 1. The number of alkyl halides is 3. The van der Waals surface area contributed by atoms with Crippen LogP contribution in [0.4, 0.5) is 18.3 Å². The van der Waals surface area contributed by atoms with Crippen molar-refractivity contribution in [2.45, 2.75) is 44.0 Å². The van der Waals surface area contributed by atoms with E-state index >= 15 is 0 Å². The summed E-state index contributed by atoms with van der Waals surface area (Å²) in [6, 6.07) is -0.224. The maximum absolute atomic E-state index is 12.3. The van der Waals surface area contributed by atoms with Gasteiger partial charge in [-0.05, 0) is 12.8 Å². The van der Waals surface area contributed by atoms with E-state index < -0.39 is 17.3 Å². The zero-order valence-electron chi connectivity index (χ0n) is 8.87. The van der Waals surface area contributed by atoms with E-state index in [0.717, 1.165) is 19.3 Å². The van der Waals surface area contributed by atoms with Gasteiger partial charge in [-0.3, -0.25) is 0 Å². The van der Waals surface area contributed by atoms with E-state index in [1.165, 1.54) is 0 Å². The molecule has 0 aromatic carbocycles. The van der Waals surface area contributed by atoms with E-state index in [4.69, 9.17) is 0 Å². The Morgan fingerprint density at radius 3 is 2.53 bits per heavy atom. The number of aromatic nitrogens is 2. The van der Waals surface area contributed by atoms with Gasteiger partial charge < -0.3 is 10.4 Å². The molecule has 1 aliphatic carbocycles. The van der Waals surface area contributed by atoms with Crippen molar-refractivity contribution in [2.24, 2.45) is 0 Å². The molecule has 0 aliphatic heterocycles. The number of anilines is 1. The molecule has 0 radical (unpaired) electrons. The molecule has 0 spiro atoms. The van der Waals surface area contributed by atoms with Gasteiger partial charge in [-0.15, -0.1) is 10.2 Å². The number of halogens is 3. The Balaban J connectivity index is 2.01. The first-order valence-electron chi connectivity index (χ1n) is 5.32. The molecule has 1 aromatic rings. The third kappa shape index (κ3) is 3.06. The van der Waals surface area contributed by atoms with Crippen LogP contribution in [-0.2, 0) is 6.18 Å². The lowest BCUT2D eigenvalue weighted by molar-refractivity contribution is -0.138. The molecule has 17 heavy (non-hydrogen) atoms. The lowest BCUT2D eigenvalue weighted by atomic mass is 9.93. The fraction of sp³-hybridized carbons (Fsp3) is 0.778. The highest BCUT2D eigenvalue weighted by atomic mass is 32.1. The molecular weight excluding hydrogens is 255 g/mol. The summed E-state index contributed by atoms with van der Waals surface area (Å²) in [6.45, 7) is 0. The van der Waals surface area contributed by atoms with Gasteiger partial charge in [0.1, 0.15) is 0 Å². The molecular formula is C9H12F3N3OS. The molecule has 0 bridgehead atoms. The maximum Gasteiger partial charge on any atom is 0.445 e. The van der Waals surface area contributed by atoms with Gasteiger partial charge in [-0.25, -0.2) is 0 Å². The highest BCUT2D eigenvalue weighted by molar-refractivity contribution is 7.15. The average Bonchev–Trinajstić information content (AvgIpc) is 2.69. The largest absolute Gasteiger partial charge is 0.445 e. The molecule has 0 unspecified atom stereocenters. The first-order chi connectivity index (χ1) is 7.97. The minimum absolute atomic E-state index is 0.114. The Labute approximate surface area is 99.9 Å². The van der Waals surface area contributed by atoms with Crippen molar-refractivity contribution in [3.05, 3.63) is 5.01 Å². The number of hydrogen-bond acceptors (Lipinski definition) is 5. The van der Waals surface area contributed by atoms with Crippen LogP contribution in [-0.4, -0.2) is 27.4 Å². The second-order valence-corrected chi connectivity index (χ2v) is 4.99. The lowest BCUT2D eigenvalue weighted by Crippen LogP contribution is -2.36. The van der Waals surface area contributed by atoms with Crippen LogP contribution in [0.15, 0.2) is 0 Å². The van der Waals surface area contributed by atoms with E-state index in [1.807, 2.05) is 0 Å². The molecule has 2 atom stereocenters. The van der Waals surface area contributed by atoms with Gasteiger partial charge in [0.2, 0.25) is 10.1 Å². The quantitative estimate of drug-likeness (QED) is 0.863. The maximum atomic E-state index is 12.3. The van der Waals surface area contributed by atoms with Gasteiger partial charge in [0, 0.05) is 0 Å². The third-order valence-electron chi connectivity index (χ3n) is 2.71. The SMILES string of the molecule is O[C@H]1CCCC[C@@H]1Nc1nnc(C(F)(F)F)s1. The topological polar surface area (TPSA) is 58.0 Å². The first kappa shape index (κ1) is 12.6. The highest BCUT2D eigenvalue weighted by Crippen LogP contribution is 2.33. The summed E-state index contributed by atoms with van der Waals surface area (Å²) >= 11 is 0.466. The van der Waals surface area contributed by atoms with E-state index in [2.05, 4.69) is 15.5 Å². The number of rotatable bonds is 2. The van der Waals surface area contributed by atoms with Gasteiger partial charge in [-0.1, -0.05) is 24.2 Å². The Hall–Kier alpha value is -0.890. The van der Waals surface area contributed by atoms with E-state index in [9.17, 15) is 18.3 Å². The molecule has 1 saturated carbocycles. The molecule has 1 aliphatic rings. The van der Waals surface area contributed by atoms with Gasteiger partial charge >= 0.3 is 6.18 Å².